The van der Waals surface area contributed by atoms with Gasteiger partial charge < -0.3 is 11.1 Å². The van der Waals surface area contributed by atoms with Crippen LogP contribution in [0.2, 0.25) is 0 Å². The van der Waals surface area contributed by atoms with Crippen LogP contribution in [-0.2, 0) is 30.2 Å². The maximum atomic E-state index is 13.8. The predicted molar refractivity (Wildman–Crippen MR) is 142 cm³/mol. The average molecular weight is 614 g/mol. The fraction of sp³-hybridized carbons (Fsp3) is 0.423. The standard InChI is InChI=1S/C26H25F6N7O2S/c1-4-38-12(3)15(9-34-38)14-7-17(25(27,28)29)35-24-19(14)20(21(42-24)22(33)40)36-23(41)11(2)10-39-16(13-5-6-13)8-18(37-39)26(30,31)32/h7-9,11,13H,4-6,10H2,1-3H3,(H2,33,40)(H,36,41). The van der Waals surface area contributed by atoms with Gasteiger partial charge in [-0.15, -0.1) is 11.3 Å². The number of thiophene rings is 1. The fourth-order valence-corrected chi connectivity index (χ4v) is 5.80. The molecule has 1 unspecified atom stereocenters. The Morgan fingerprint density at radius 2 is 1.76 bits per heavy atom. The number of nitrogens with one attached hydrogen (secondary N) is 1. The Labute approximate surface area is 238 Å². The quantitative estimate of drug-likeness (QED) is 0.237. The predicted octanol–water partition coefficient (Wildman–Crippen LogP) is 5.97. The van der Waals surface area contributed by atoms with E-state index in [0.29, 0.717) is 47.7 Å². The molecule has 1 aliphatic carbocycles. The van der Waals surface area contributed by atoms with E-state index in [1.807, 2.05) is 6.92 Å². The summed E-state index contributed by atoms with van der Waals surface area (Å²) >= 11 is 0.598. The molecule has 5 rings (SSSR count). The minimum atomic E-state index is -4.81. The number of aromatic nitrogens is 5. The molecule has 4 heterocycles. The van der Waals surface area contributed by atoms with Crippen LogP contribution in [-0.4, -0.2) is 36.4 Å². The molecule has 16 heteroatoms. The van der Waals surface area contributed by atoms with Crippen LogP contribution in [0.5, 0.6) is 0 Å². The normalized spacial score (nSPS) is 14.9. The topological polar surface area (TPSA) is 121 Å². The Bertz CT molecular complexity index is 1700. The Kier molecular flexibility index (Phi) is 7.31. The number of fused-ring (bicyclic) bond motifs is 1. The molecule has 0 aliphatic heterocycles. The first-order valence-corrected chi connectivity index (χ1v) is 13.7. The SMILES string of the molecule is CCn1ncc(-c2cc(C(F)(F)F)nc3sc(C(N)=O)c(NC(=O)C(C)Cn4nc(C(F)(F)F)cc4C4CC4)c23)c1C. The Hall–Kier alpha value is -3.95. The van der Waals surface area contributed by atoms with Crippen molar-refractivity contribution in [3.8, 4) is 11.1 Å². The second-order valence-electron chi connectivity index (χ2n) is 10.2. The largest absolute Gasteiger partial charge is 0.435 e. The third-order valence-corrected chi connectivity index (χ3v) is 8.21. The van der Waals surface area contributed by atoms with Gasteiger partial charge in [0.1, 0.15) is 15.4 Å². The molecule has 0 radical (unpaired) electrons. The lowest BCUT2D eigenvalue weighted by atomic mass is 10.0. The number of amides is 2. The molecule has 0 bridgehead atoms. The molecule has 224 valence electrons. The summed E-state index contributed by atoms with van der Waals surface area (Å²) in [6.07, 6.45) is -6.68. The molecular formula is C26H25F6N7O2S. The van der Waals surface area contributed by atoms with Gasteiger partial charge in [-0.3, -0.25) is 19.0 Å². The number of nitrogens with two attached hydrogens (primary N) is 1. The summed E-state index contributed by atoms with van der Waals surface area (Å²) < 4.78 is 84.2. The highest BCUT2D eigenvalue weighted by atomic mass is 32.1. The van der Waals surface area contributed by atoms with Crippen LogP contribution >= 0.6 is 11.3 Å². The highest BCUT2D eigenvalue weighted by Gasteiger charge is 2.39. The molecule has 9 nitrogen and oxygen atoms in total. The number of halogens is 6. The van der Waals surface area contributed by atoms with Crippen LogP contribution in [0.1, 0.15) is 65.1 Å². The van der Waals surface area contributed by atoms with E-state index in [4.69, 9.17) is 5.73 Å². The van der Waals surface area contributed by atoms with Gasteiger partial charge >= 0.3 is 12.4 Å². The van der Waals surface area contributed by atoms with Crippen molar-refractivity contribution in [1.82, 2.24) is 24.5 Å². The van der Waals surface area contributed by atoms with Crippen molar-refractivity contribution >= 4 is 39.1 Å². The van der Waals surface area contributed by atoms with Gasteiger partial charge in [0.05, 0.1) is 24.3 Å². The van der Waals surface area contributed by atoms with E-state index in [-0.39, 0.29) is 38.8 Å². The number of primary amides is 1. The first kappa shape index (κ1) is 29.5. The van der Waals surface area contributed by atoms with Crippen LogP contribution in [0.4, 0.5) is 32.0 Å². The molecule has 1 aliphatic rings. The van der Waals surface area contributed by atoms with Crippen LogP contribution in [0.15, 0.2) is 18.3 Å². The monoisotopic (exact) mass is 613 g/mol. The minimum absolute atomic E-state index is 0.0362. The van der Waals surface area contributed by atoms with Gasteiger partial charge in [0.2, 0.25) is 5.91 Å². The van der Waals surface area contributed by atoms with Crippen LogP contribution in [0.25, 0.3) is 21.3 Å². The molecule has 1 atom stereocenters. The lowest BCUT2D eigenvalue weighted by molar-refractivity contribution is -0.142. The molecule has 0 spiro atoms. The molecule has 42 heavy (non-hydrogen) atoms. The summed E-state index contributed by atoms with van der Waals surface area (Å²) in [5, 5.41) is 10.6. The van der Waals surface area contributed by atoms with E-state index in [0.717, 1.165) is 16.8 Å². The summed E-state index contributed by atoms with van der Waals surface area (Å²) in [7, 11) is 0. The molecule has 3 N–H and O–H groups in total. The number of carbonyl (C=O) groups excluding carboxylic acids is 2. The summed E-state index contributed by atoms with van der Waals surface area (Å²) in [6, 6.07) is 1.81. The van der Waals surface area contributed by atoms with Crippen molar-refractivity contribution < 1.29 is 35.9 Å². The van der Waals surface area contributed by atoms with Crippen LogP contribution in [0.3, 0.4) is 0 Å². The van der Waals surface area contributed by atoms with E-state index >= 15 is 0 Å². The van der Waals surface area contributed by atoms with Crippen molar-refractivity contribution in [2.75, 3.05) is 5.32 Å². The van der Waals surface area contributed by atoms with Crippen molar-refractivity contribution in [2.45, 2.75) is 65.0 Å². The molecule has 4 aromatic heterocycles. The van der Waals surface area contributed by atoms with Gasteiger partial charge in [-0.25, -0.2) is 4.98 Å². The summed E-state index contributed by atoms with van der Waals surface area (Å²) in [4.78, 5) is 29.1. The van der Waals surface area contributed by atoms with Gasteiger partial charge in [0, 0.05) is 34.8 Å². The number of pyridine rings is 1. The summed E-state index contributed by atoms with van der Waals surface area (Å²) in [6.45, 7) is 5.19. The second kappa shape index (κ2) is 10.4. The number of anilines is 1. The van der Waals surface area contributed by atoms with E-state index in [9.17, 15) is 35.9 Å². The molecule has 2 amide bonds. The Balaban J connectivity index is 1.57. The third-order valence-electron chi connectivity index (χ3n) is 7.11. The zero-order valence-corrected chi connectivity index (χ0v) is 23.3. The summed E-state index contributed by atoms with van der Waals surface area (Å²) in [5.41, 5.74) is 4.45. The smallest absolute Gasteiger partial charge is 0.365 e. The van der Waals surface area contributed by atoms with E-state index in [2.05, 4.69) is 20.5 Å². The van der Waals surface area contributed by atoms with Gasteiger partial charge in [0.25, 0.3) is 5.91 Å². The molecule has 4 aromatic rings. The number of alkyl halides is 6. The van der Waals surface area contributed by atoms with Crippen molar-refractivity contribution in [3.63, 3.8) is 0 Å². The average Bonchev–Trinajstić information content (AvgIpc) is 3.37. The molecule has 1 fully saturated rings. The minimum Gasteiger partial charge on any atom is -0.365 e. The van der Waals surface area contributed by atoms with Gasteiger partial charge in [-0.2, -0.15) is 36.5 Å². The number of carbonyl (C=O) groups is 2. The number of aryl methyl sites for hydroxylation is 1. The van der Waals surface area contributed by atoms with Crippen LogP contribution in [0, 0.1) is 12.8 Å². The zero-order valence-electron chi connectivity index (χ0n) is 22.5. The Morgan fingerprint density at radius 1 is 1.10 bits per heavy atom. The first-order valence-electron chi connectivity index (χ1n) is 12.9. The fourth-order valence-electron chi connectivity index (χ4n) is 4.79. The molecule has 1 saturated carbocycles. The van der Waals surface area contributed by atoms with Crippen molar-refractivity contribution in [1.29, 1.82) is 0 Å². The maximum Gasteiger partial charge on any atom is 0.435 e. The number of nitrogens with zero attached hydrogens (tertiary/aromatic N) is 5. The van der Waals surface area contributed by atoms with E-state index < -0.39 is 41.5 Å². The van der Waals surface area contributed by atoms with E-state index in [1.54, 1.807) is 11.6 Å². The highest BCUT2D eigenvalue weighted by molar-refractivity contribution is 7.21. The maximum absolute atomic E-state index is 13.8. The number of rotatable bonds is 8. The zero-order chi connectivity index (χ0) is 30.7. The molecule has 0 aromatic carbocycles. The lowest BCUT2D eigenvalue weighted by Crippen LogP contribution is -2.26. The number of hydrogen-bond donors (Lipinski definition) is 2. The van der Waals surface area contributed by atoms with Crippen molar-refractivity contribution in [2.24, 2.45) is 11.7 Å². The third kappa shape index (κ3) is 5.46. The lowest BCUT2D eigenvalue weighted by Gasteiger charge is -2.16. The van der Waals surface area contributed by atoms with Crippen molar-refractivity contribution in [3.05, 3.63) is 46.0 Å². The first-order chi connectivity index (χ1) is 19.6. The van der Waals surface area contributed by atoms with Gasteiger partial charge in [-0.1, -0.05) is 6.92 Å². The molecular weight excluding hydrogens is 588 g/mol. The van der Waals surface area contributed by atoms with Gasteiger partial charge in [-0.05, 0) is 44.4 Å². The van der Waals surface area contributed by atoms with E-state index in [1.165, 1.54) is 13.1 Å². The van der Waals surface area contributed by atoms with Gasteiger partial charge in [0.15, 0.2) is 5.69 Å². The summed E-state index contributed by atoms with van der Waals surface area (Å²) in [5.74, 6) is -2.74. The Morgan fingerprint density at radius 3 is 2.31 bits per heavy atom. The molecule has 0 saturated heterocycles. The highest BCUT2D eigenvalue weighted by Crippen LogP contribution is 2.45. The number of hydrogen-bond acceptors (Lipinski definition) is 6. The van der Waals surface area contributed by atoms with Crippen LogP contribution < -0.4 is 11.1 Å². The second-order valence-corrected chi connectivity index (χ2v) is 11.2.